The summed E-state index contributed by atoms with van der Waals surface area (Å²) in [7, 11) is 0. The highest BCUT2D eigenvalue weighted by Crippen LogP contribution is 2.20. The van der Waals surface area contributed by atoms with Crippen molar-refractivity contribution in [2.24, 2.45) is 0 Å². The number of carbonyl (C=O) groups excluding carboxylic acids is 1. The van der Waals surface area contributed by atoms with Gasteiger partial charge in [-0.3, -0.25) is 19.8 Å². The van der Waals surface area contributed by atoms with Crippen molar-refractivity contribution in [2.75, 3.05) is 39.3 Å². The molecule has 2 aliphatic rings. The molecule has 1 amide bonds. The van der Waals surface area contributed by atoms with Crippen LogP contribution in [0, 0.1) is 17.0 Å². The fourth-order valence-electron chi connectivity index (χ4n) is 3.39. The Hall–Kier alpha value is -1.99. The molecule has 0 aliphatic carbocycles. The van der Waals surface area contributed by atoms with Crippen molar-refractivity contribution < 1.29 is 14.5 Å². The highest BCUT2D eigenvalue weighted by atomic mass is 16.6. The summed E-state index contributed by atoms with van der Waals surface area (Å²) in [6.07, 6.45) is 2.61. The molecule has 7 heteroatoms. The SMILES string of the molecule is Cc1cc(C(=O)N2CCN(CC3CCCO3)CC2)ccc1[N+](=O)[O-]. The zero-order valence-corrected chi connectivity index (χ0v) is 13.9. The fraction of sp³-hybridized carbons (Fsp3) is 0.588. The second-order valence-corrected chi connectivity index (χ2v) is 6.49. The zero-order valence-electron chi connectivity index (χ0n) is 13.9. The first-order valence-corrected chi connectivity index (χ1v) is 8.43. The molecule has 1 aromatic rings. The number of hydrogen-bond acceptors (Lipinski definition) is 5. The molecule has 1 atom stereocenters. The summed E-state index contributed by atoms with van der Waals surface area (Å²) in [6.45, 7) is 6.52. The van der Waals surface area contributed by atoms with Crippen LogP contribution in [0.2, 0.25) is 0 Å². The monoisotopic (exact) mass is 333 g/mol. The lowest BCUT2D eigenvalue weighted by atomic mass is 10.1. The molecule has 2 fully saturated rings. The number of piperazine rings is 1. The Morgan fingerprint density at radius 3 is 2.67 bits per heavy atom. The molecule has 1 unspecified atom stereocenters. The molecule has 0 aromatic heterocycles. The number of nitrogens with zero attached hydrogens (tertiary/aromatic N) is 3. The average molecular weight is 333 g/mol. The molecule has 2 saturated heterocycles. The third-order valence-electron chi connectivity index (χ3n) is 4.79. The second kappa shape index (κ2) is 7.27. The molecule has 24 heavy (non-hydrogen) atoms. The van der Waals surface area contributed by atoms with Crippen molar-refractivity contribution in [3.8, 4) is 0 Å². The number of nitro benzene ring substituents is 1. The van der Waals surface area contributed by atoms with Gasteiger partial charge in [-0.05, 0) is 31.9 Å². The smallest absolute Gasteiger partial charge is 0.272 e. The maximum atomic E-state index is 12.6. The largest absolute Gasteiger partial charge is 0.377 e. The van der Waals surface area contributed by atoms with Crippen LogP contribution in [0.5, 0.6) is 0 Å². The Labute approximate surface area is 141 Å². The number of nitro groups is 1. The van der Waals surface area contributed by atoms with E-state index in [0.717, 1.165) is 39.1 Å². The quantitative estimate of drug-likeness (QED) is 0.621. The van der Waals surface area contributed by atoms with Crippen molar-refractivity contribution in [1.29, 1.82) is 0 Å². The summed E-state index contributed by atoms with van der Waals surface area (Å²) in [5, 5.41) is 10.9. The predicted octanol–water partition coefficient (Wildman–Crippen LogP) is 1.84. The van der Waals surface area contributed by atoms with E-state index in [-0.39, 0.29) is 11.6 Å². The first kappa shape index (κ1) is 16.9. The van der Waals surface area contributed by atoms with Crippen molar-refractivity contribution in [2.45, 2.75) is 25.9 Å². The van der Waals surface area contributed by atoms with Gasteiger partial charge in [-0.1, -0.05) is 0 Å². The van der Waals surface area contributed by atoms with Gasteiger partial charge < -0.3 is 9.64 Å². The normalized spacial score (nSPS) is 21.9. The van der Waals surface area contributed by atoms with E-state index in [0.29, 0.717) is 30.3 Å². The Bertz CT molecular complexity index is 620. The molecule has 2 heterocycles. The van der Waals surface area contributed by atoms with Gasteiger partial charge in [0.25, 0.3) is 11.6 Å². The Kier molecular flexibility index (Phi) is 5.11. The molecular formula is C17H23N3O4. The van der Waals surface area contributed by atoms with Crippen LogP contribution < -0.4 is 0 Å². The molecule has 0 N–H and O–H groups in total. The van der Waals surface area contributed by atoms with Crippen molar-refractivity contribution in [3.63, 3.8) is 0 Å². The minimum absolute atomic E-state index is 0.0490. The van der Waals surface area contributed by atoms with Crippen molar-refractivity contribution >= 4 is 11.6 Å². The molecular weight excluding hydrogens is 310 g/mol. The van der Waals surface area contributed by atoms with Gasteiger partial charge in [0, 0.05) is 56.5 Å². The fourth-order valence-corrected chi connectivity index (χ4v) is 3.39. The average Bonchev–Trinajstić information content (AvgIpc) is 3.07. The number of rotatable bonds is 4. The summed E-state index contributed by atoms with van der Waals surface area (Å²) in [5.41, 5.74) is 1.08. The van der Waals surface area contributed by atoms with Crippen molar-refractivity contribution in [1.82, 2.24) is 9.80 Å². The summed E-state index contributed by atoms with van der Waals surface area (Å²) in [4.78, 5) is 27.2. The molecule has 0 spiro atoms. The van der Waals surface area contributed by atoms with Gasteiger partial charge in [0.15, 0.2) is 0 Å². The van der Waals surface area contributed by atoms with Gasteiger partial charge in [0.05, 0.1) is 11.0 Å². The van der Waals surface area contributed by atoms with E-state index in [2.05, 4.69) is 4.90 Å². The molecule has 0 radical (unpaired) electrons. The third-order valence-corrected chi connectivity index (χ3v) is 4.79. The van der Waals surface area contributed by atoms with E-state index in [1.807, 2.05) is 4.90 Å². The number of carbonyl (C=O) groups is 1. The van der Waals surface area contributed by atoms with Gasteiger partial charge in [-0.15, -0.1) is 0 Å². The summed E-state index contributed by atoms with van der Waals surface area (Å²) >= 11 is 0. The number of amides is 1. The number of aryl methyl sites for hydroxylation is 1. The molecule has 1 aromatic carbocycles. The van der Waals surface area contributed by atoms with Crippen LogP contribution >= 0.6 is 0 Å². The number of ether oxygens (including phenoxy) is 1. The zero-order chi connectivity index (χ0) is 17.1. The van der Waals surface area contributed by atoms with Gasteiger partial charge >= 0.3 is 0 Å². The minimum Gasteiger partial charge on any atom is -0.377 e. The summed E-state index contributed by atoms with van der Waals surface area (Å²) in [5.74, 6) is -0.0511. The maximum Gasteiger partial charge on any atom is 0.272 e. The van der Waals surface area contributed by atoms with Crippen LogP contribution in [0.15, 0.2) is 18.2 Å². The molecule has 2 aliphatic heterocycles. The maximum absolute atomic E-state index is 12.6. The molecule has 0 bridgehead atoms. The molecule has 3 rings (SSSR count). The highest BCUT2D eigenvalue weighted by Gasteiger charge is 2.26. The number of hydrogen-bond donors (Lipinski definition) is 0. The standard InChI is InChI=1S/C17H23N3O4/c1-13-11-14(4-5-16(13)20(22)23)17(21)19-8-6-18(7-9-19)12-15-3-2-10-24-15/h4-5,11,15H,2-3,6-10,12H2,1H3. The minimum atomic E-state index is -0.423. The van der Waals surface area contributed by atoms with E-state index in [1.54, 1.807) is 19.1 Å². The number of benzene rings is 1. The van der Waals surface area contributed by atoms with E-state index < -0.39 is 4.92 Å². The lowest BCUT2D eigenvalue weighted by Gasteiger charge is -2.35. The molecule has 7 nitrogen and oxygen atoms in total. The lowest BCUT2D eigenvalue weighted by Crippen LogP contribution is -2.50. The Balaban J connectivity index is 1.56. The van der Waals surface area contributed by atoms with E-state index in [9.17, 15) is 14.9 Å². The molecule has 130 valence electrons. The van der Waals surface area contributed by atoms with Crippen LogP contribution in [0.1, 0.15) is 28.8 Å². The van der Waals surface area contributed by atoms with Crippen LogP contribution in [-0.4, -0.2) is 66.1 Å². The highest BCUT2D eigenvalue weighted by molar-refractivity contribution is 5.94. The Morgan fingerprint density at radius 2 is 2.08 bits per heavy atom. The first-order valence-electron chi connectivity index (χ1n) is 8.43. The van der Waals surface area contributed by atoms with E-state index in [1.165, 1.54) is 6.07 Å². The molecule has 0 saturated carbocycles. The topological polar surface area (TPSA) is 75.9 Å². The first-order chi connectivity index (χ1) is 11.5. The lowest BCUT2D eigenvalue weighted by molar-refractivity contribution is -0.385. The predicted molar refractivity (Wildman–Crippen MR) is 89.2 cm³/mol. The summed E-state index contributed by atoms with van der Waals surface area (Å²) in [6, 6.07) is 4.57. The van der Waals surface area contributed by atoms with Crippen LogP contribution in [0.3, 0.4) is 0 Å². The van der Waals surface area contributed by atoms with Crippen LogP contribution in [0.25, 0.3) is 0 Å². The summed E-state index contributed by atoms with van der Waals surface area (Å²) < 4.78 is 5.67. The van der Waals surface area contributed by atoms with Gasteiger partial charge in [0.1, 0.15) is 0 Å². The van der Waals surface area contributed by atoms with Gasteiger partial charge in [0.2, 0.25) is 0 Å². The van der Waals surface area contributed by atoms with Crippen LogP contribution in [0.4, 0.5) is 5.69 Å². The van der Waals surface area contributed by atoms with Gasteiger partial charge in [-0.2, -0.15) is 0 Å². The van der Waals surface area contributed by atoms with E-state index >= 15 is 0 Å². The van der Waals surface area contributed by atoms with Gasteiger partial charge in [-0.25, -0.2) is 0 Å². The van der Waals surface area contributed by atoms with Crippen LogP contribution in [-0.2, 0) is 4.74 Å². The second-order valence-electron chi connectivity index (χ2n) is 6.49. The van der Waals surface area contributed by atoms with E-state index in [4.69, 9.17) is 4.74 Å². The Morgan fingerprint density at radius 1 is 1.33 bits per heavy atom. The van der Waals surface area contributed by atoms with Crippen molar-refractivity contribution in [3.05, 3.63) is 39.4 Å². The third kappa shape index (κ3) is 3.73.